The topological polar surface area (TPSA) is 32.8 Å². The largest absolute Gasteiger partial charge is 0.381 e. The van der Waals surface area contributed by atoms with Crippen molar-refractivity contribution >= 4 is 17.2 Å². The van der Waals surface area contributed by atoms with E-state index in [2.05, 4.69) is 9.80 Å². The number of rotatable bonds is 3. The Bertz CT molecular complexity index is 513. The Balaban J connectivity index is 1.39. The van der Waals surface area contributed by atoms with Crippen molar-refractivity contribution in [2.75, 3.05) is 32.8 Å². The summed E-state index contributed by atoms with van der Waals surface area (Å²) in [6.45, 7) is 5.13. The van der Waals surface area contributed by atoms with Crippen LogP contribution in [0, 0.1) is 5.92 Å². The molecule has 0 bridgehead atoms. The highest BCUT2D eigenvalue weighted by molar-refractivity contribution is 7.12. The average Bonchev–Trinajstić information content (AvgIpc) is 3.26. The van der Waals surface area contributed by atoms with Gasteiger partial charge in [0, 0.05) is 44.9 Å². The summed E-state index contributed by atoms with van der Waals surface area (Å²) in [4.78, 5) is 18.3. The summed E-state index contributed by atoms with van der Waals surface area (Å²) < 4.78 is 5.47. The Morgan fingerprint density at radius 3 is 2.77 bits per heavy atom. The fourth-order valence-corrected chi connectivity index (χ4v) is 5.04. The molecular formula is C17H24N2O2S. The minimum atomic E-state index is 0.246. The van der Waals surface area contributed by atoms with E-state index < -0.39 is 0 Å². The van der Waals surface area contributed by atoms with Crippen LogP contribution in [0.4, 0.5) is 0 Å². The number of amides is 1. The second-order valence-electron chi connectivity index (χ2n) is 6.74. The Kier molecular flexibility index (Phi) is 4.20. The van der Waals surface area contributed by atoms with Crippen molar-refractivity contribution in [1.29, 1.82) is 0 Å². The molecule has 0 saturated carbocycles. The average molecular weight is 320 g/mol. The van der Waals surface area contributed by atoms with Crippen LogP contribution in [0.1, 0.15) is 35.4 Å². The summed E-state index contributed by atoms with van der Waals surface area (Å²) in [6.07, 6.45) is 4.69. The number of nitrogens with zero attached hydrogens (tertiary/aromatic N) is 2. The summed E-state index contributed by atoms with van der Waals surface area (Å²) in [5, 5.41) is 1.99. The first-order valence-electron chi connectivity index (χ1n) is 8.49. The molecule has 22 heavy (non-hydrogen) atoms. The van der Waals surface area contributed by atoms with Crippen LogP contribution >= 0.6 is 11.3 Å². The molecule has 0 unspecified atom stereocenters. The molecule has 4 rings (SSSR count). The first kappa shape index (κ1) is 14.7. The highest BCUT2D eigenvalue weighted by atomic mass is 32.1. The number of hydrogen-bond acceptors (Lipinski definition) is 4. The Morgan fingerprint density at radius 1 is 1.18 bits per heavy atom. The molecule has 0 aromatic carbocycles. The third-order valence-electron chi connectivity index (χ3n) is 5.52. The maximum absolute atomic E-state index is 12.6. The second kappa shape index (κ2) is 6.30. The van der Waals surface area contributed by atoms with Gasteiger partial charge in [-0.3, -0.25) is 9.69 Å². The zero-order valence-corrected chi connectivity index (χ0v) is 13.8. The van der Waals surface area contributed by atoms with Crippen LogP contribution in [-0.4, -0.2) is 60.6 Å². The van der Waals surface area contributed by atoms with E-state index in [0.29, 0.717) is 12.1 Å². The molecule has 0 radical (unpaired) electrons. The Hall–Kier alpha value is -0.910. The van der Waals surface area contributed by atoms with Gasteiger partial charge >= 0.3 is 0 Å². The maximum Gasteiger partial charge on any atom is 0.264 e. The smallest absolute Gasteiger partial charge is 0.264 e. The number of ether oxygens (including phenoxy) is 1. The molecule has 2 atom stereocenters. The SMILES string of the molecule is O=C(c1cccs1)N1CC[C@H]2[C@H]1CCN2CC1CCOCC1. The molecule has 5 heteroatoms. The van der Waals surface area contributed by atoms with Crippen LogP contribution in [0.25, 0.3) is 0 Å². The molecule has 3 aliphatic heterocycles. The van der Waals surface area contributed by atoms with E-state index in [9.17, 15) is 4.79 Å². The number of carbonyl (C=O) groups excluding carboxylic acids is 1. The van der Waals surface area contributed by atoms with E-state index in [1.54, 1.807) is 11.3 Å². The van der Waals surface area contributed by atoms with Gasteiger partial charge in [0.2, 0.25) is 0 Å². The van der Waals surface area contributed by atoms with E-state index in [1.165, 1.54) is 19.4 Å². The van der Waals surface area contributed by atoms with E-state index in [1.807, 2.05) is 17.5 Å². The van der Waals surface area contributed by atoms with Crippen LogP contribution < -0.4 is 0 Å². The molecule has 3 aliphatic rings. The zero-order chi connectivity index (χ0) is 14.9. The molecule has 4 nitrogen and oxygen atoms in total. The number of likely N-dealkylation sites (tertiary alicyclic amines) is 2. The van der Waals surface area contributed by atoms with Crippen molar-refractivity contribution in [3.05, 3.63) is 22.4 Å². The molecule has 4 heterocycles. The lowest BCUT2D eigenvalue weighted by molar-refractivity contribution is 0.0502. The molecular weight excluding hydrogens is 296 g/mol. The molecule has 0 spiro atoms. The van der Waals surface area contributed by atoms with Crippen LogP contribution in [0.15, 0.2) is 17.5 Å². The predicted octanol–water partition coefficient (Wildman–Crippen LogP) is 2.46. The third-order valence-corrected chi connectivity index (χ3v) is 6.38. The lowest BCUT2D eigenvalue weighted by Gasteiger charge is -2.30. The van der Waals surface area contributed by atoms with Crippen LogP contribution in [0.3, 0.4) is 0 Å². The van der Waals surface area contributed by atoms with Crippen LogP contribution in [-0.2, 0) is 4.74 Å². The molecule has 1 aromatic heterocycles. The van der Waals surface area contributed by atoms with E-state index in [4.69, 9.17) is 4.74 Å². The van der Waals surface area contributed by atoms with Crippen molar-refractivity contribution in [2.45, 2.75) is 37.8 Å². The van der Waals surface area contributed by atoms with Gasteiger partial charge in [0.05, 0.1) is 4.88 Å². The summed E-state index contributed by atoms with van der Waals surface area (Å²) in [5.41, 5.74) is 0. The maximum atomic E-state index is 12.6. The van der Waals surface area contributed by atoms with Crippen LogP contribution in [0.5, 0.6) is 0 Å². The molecule has 3 fully saturated rings. The first-order chi connectivity index (χ1) is 10.8. The molecule has 1 aromatic rings. The summed E-state index contributed by atoms with van der Waals surface area (Å²) in [5.74, 6) is 1.03. The van der Waals surface area contributed by atoms with Crippen molar-refractivity contribution in [3.8, 4) is 0 Å². The minimum absolute atomic E-state index is 0.246. The van der Waals surface area contributed by atoms with Crippen molar-refractivity contribution in [2.24, 2.45) is 5.92 Å². The summed E-state index contributed by atoms with van der Waals surface area (Å²) in [7, 11) is 0. The number of fused-ring (bicyclic) bond motifs is 1. The van der Waals surface area contributed by atoms with Gasteiger partial charge in [-0.15, -0.1) is 11.3 Å². The Morgan fingerprint density at radius 2 is 2.00 bits per heavy atom. The quantitative estimate of drug-likeness (QED) is 0.858. The lowest BCUT2D eigenvalue weighted by Crippen LogP contribution is -2.41. The fraction of sp³-hybridized carbons (Fsp3) is 0.706. The van der Waals surface area contributed by atoms with Gasteiger partial charge in [-0.25, -0.2) is 0 Å². The second-order valence-corrected chi connectivity index (χ2v) is 7.69. The molecule has 0 aliphatic carbocycles. The molecule has 0 N–H and O–H groups in total. The van der Waals surface area contributed by atoms with Crippen LogP contribution in [0.2, 0.25) is 0 Å². The van der Waals surface area contributed by atoms with Crippen molar-refractivity contribution in [3.63, 3.8) is 0 Å². The number of carbonyl (C=O) groups is 1. The number of thiophene rings is 1. The molecule has 1 amide bonds. The number of hydrogen-bond donors (Lipinski definition) is 0. The summed E-state index contributed by atoms with van der Waals surface area (Å²) in [6, 6.07) is 4.95. The molecule has 3 saturated heterocycles. The fourth-order valence-electron chi connectivity index (χ4n) is 4.36. The predicted molar refractivity (Wildman–Crippen MR) is 87.3 cm³/mol. The van der Waals surface area contributed by atoms with Gasteiger partial charge in [-0.05, 0) is 43.0 Å². The highest BCUT2D eigenvalue weighted by Crippen LogP contribution is 2.34. The van der Waals surface area contributed by atoms with Gasteiger partial charge < -0.3 is 9.64 Å². The summed E-state index contributed by atoms with van der Waals surface area (Å²) >= 11 is 1.56. The standard InChI is InChI=1S/C17H24N2O2S/c20-17(16-2-1-11-22-16)19-8-4-14-15(19)3-7-18(14)12-13-5-9-21-10-6-13/h1-2,11,13-15H,3-10,12H2/t14-,15+/m0/s1. The third kappa shape index (κ3) is 2.70. The van der Waals surface area contributed by atoms with Gasteiger partial charge in [-0.1, -0.05) is 6.07 Å². The van der Waals surface area contributed by atoms with Gasteiger partial charge in [0.1, 0.15) is 0 Å². The van der Waals surface area contributed by atoms with Crippen molar-refractivity contribution in [1.82, 2.24) is 9.80 Å². The first-order valence-corrected chi connectivity index (χ1v) is 9.37. The van der Waals surface area contributed by atoms with Crippen molar-refractivity contribution < 1.29 is 9.53 Å². The normalized spacial score (nSPS) is 29.9. The van der Waals surface area contributed by atoms with E-state index in [-0.39, 0.29) is 5.91 Å². The van der Waals surface area contributed by atoms with E-state index >= 15 is 0 Å². The van der Waals surface area contributed by atoms with Gasteiger partial charge in [-0.2, -0.15) is 0 Å². The van der Waals surface area contributed by atoms with Gasteiger partial charge in [0.15, 0.2) is 0 Å². The minimum Gasteiger partial charge on any atom is -0.381 e. The van der Waals surface area contributed by atoms with E-state index in [0.717, 1.165) is 49.9 Å². The highest BCUT2D eigenvalue weighted by Gasteiger charge is 2.44. The van der Waals surface area contributed by atoms with Gasteiger partial charge in [0.25, 0.3) is 5.91 Å². The monoisotopic (exact) mass is 320 g/mol. The Labute approximate surface area is 136 Å². The molecule has 120 valence electrons. The lowest BCUT2D eigenvalue weighted by atomic mass is 9.99. The zero-order valence-electron chi connectivity index (χ0n) is 12.9.